The molecule has 0 saturated heterocycles. The van der Waals surface area contributed by atoms with Crippen LogP contribution in [0, 0.1) is 0 Å². The van der Waals surface area contributed by atoms with Crippen molar-refractivity contribution < 1.29 is 0 Å². The van der Waals surface area contributed by atoms with E-state index in [-0.39, 0.29) is 5.69 Å². The summed E-state index contributed by atoms with van der Waals surface area (Å²) in [6.45, 7) is 2.14. The first-order valence-electron chi connectivity index (χ1n) is 6.14. The summed E-state index contributed by atoms with van der Waals surface area (Å²) in [6, 6.07) is 10.6. The molecule has 1 aliphatic rings. The maximum atomic E-state index is 11.7. The lowest BCUT2D eigenvalue weighted by atomic mass is 10.2. The van der Waals surface area contributed by atoms with Crippen molar-refractivity contribution in [2.45, 2.75) is 36.2 Å². The average molecular weight is 261 g/mol. The van der Waals surface area contributed by atoms with Gasteiger partial charge in [-0.3, -0.25) is 4.57 Å². The van der Waals surface area contributed by atoms with E-state index in [9.17, 15) is 4.79 Å². The Morgan fingerprint density at radius 1 is 1.39 bits per heavy atom. The zero-order valence-electron chi connectivity index (χ0n) is 10.2. The first-order chi connectivity index (χ1) is 8.75. The second-order valence-electron chi connectivity index (χ2n) is 4.58. The Labute approximate surface area is 109 Å². The number of rotatable bonds is 4. The van der Waals surface area contributed by atoms with Gasteiger partial charge in [0.15, 0.2) is 5.16 Å². The largest absolute Gasteiger partial charge is 0.344 e. The van der Waals surface area contributed by atoms with Crippen LogP contribution in [-0.2, 0) is 0 Å². The van der Waals surface area contributed by atoms with Gasteiger partial charge in [0, 0.05) is 11.3 Å². The van der Waals surface area contributed by atoms with Crippen LogP contribution < -0.4 is 5.69 Å². The fraction of sp³-hybridized carbons (Fsp3) is 0.385. The summed E-state index contributed by atoms with van der Waals surface area (Å²) in [5, 5.41) is 7.78. The van der Waals surface area contributed by atoms with Gasteiger partial charge in [0.25, 0.3) is 0 Å². The third kappa shape index (κ3) is 2.22. The van der Waals surface area contributed by atoms with Crippen LogP contribution in [0.5, 0.6) is 0 Å². The first kappa shape index (κ1) is 11.6. The molecule has 2 aromatic rings. The van der Waals surface area contributed by atoms with E-state index in [2.05, 4.69) is 29.3 Å². The summed E-state index contributed by atoms with van der Waals surface area (Å²) in [4.78, 5) is 11.7. The molecule has 1 heterocycles. The van der Waals surface area contributed by atoms with Gasteiger partial charge in [-0.15, -0.1) is 5.10 Å². The van der Waals surface area contributed by atoms with E-state index in [1.165, 1.54) is 5.56 Å². The highest BCUT2D eigenvalue weighted by molar-refractivity contribution is 7.99. The number of aromatic nitrogens is 3. The standard InChI is InChI=1S/C13H15N3OS/c1-9(10-5-3-2-4-6-10)18-13-15-14-12(17)16(13)11-7-8-11/h2-6,9,11H,7-8H2,1H3,(H,14,17). The van der Waals surface area contributed by atoms with E-state index in [4.69, 9.17) is 0 Å². The molecule has 94 valence electrons. The number of nitrogens with zero attached hydrogens (tertiary/aromatic N) is 2. The van der Waals surface area contributed by atoms with Gasteiger partial charge < -0.3 is 0 Å². The normalized spacial score (nSPS) is 16.7. The van der Waals surface area contributed by atoms with Gasteiger partial charge in [0.2, 0.25) is 0 Å². The summed E-state index contributed by atoms with van der Waals surface area (Å²) < 4.78 is 1.80. The van der Waals surface area contributed by atoms with Crippen molar-refractivity contribution in [3.8, 4) is 0 Å². The van der Waals surface area contributed by atoms with Crippen LogP contribution in [-0.4, -0.2) is 14.8 Å². The Balaban J connectivity index is 1.83. The zero-order chi connectivity index (χ0) is 12.5. The van der Waals surface area contributed by atoms with Crippen LogP contribution in [0.15, 0.2) is 40.3 Å². The number of H-pyrrole nitrogens is 1. The molecule has 3 rings (SSSR count). The zero-order valence-corrected chi connectivity index (χ0v) is 11.0. The number of nitrogens with one attached hydrogen (secondary N) is 1. The molecule has 1 atom stereocenters. The van der Waals surface area contributed by atoms with Crippen LogP contribution >= 0.6 is 11.8 Å². The van der Waals surface area contributed by atoms with Crippen molar-refractivity contribution in [2.24, 2.45) is 0 Å². The van der Waals surface area contributed by atoms with E-state index in [0.29, 0.717) is 11.3 Å². The molecule has 1 unspecified atom stereocenters. The third-order valence-electron chi connectivity index (χ3n) is 3.14. The van der Waals surface area contributed by atoms with Gasteiger partial charge in [-0.05, 0) is 25.3 Å². The van der Waals surface area contributed by atoms with Crippen LogP contribution in [0.4, 0.5) is 0 Å². The number of thioether (sulfide) groups is 1. The topological polar surface area (TPSA) is 50.7 Å². The number of aromatic amines is 1. The minimum absolute atomic E-state index is 0.0831. The Hall–Kier alpha value is -1.49. The summed E-state index contributed by atoms with van der Waals surface area (Å²) in [5.41, 5.74) is 1.17. The molecule has 1 saturated carbocycles. The molecule has 0 bridgehead atoms. The molecule has 0 spiro atoms. The van der Waals surface area contributed by atoms with Gasteiger partial charge in [-0.25, -0.2) is 9.89 Å². The molecule has 18 heavy (non-hydrogen) atoms. The third-order valence-corrected chi connectivity index (χ3v) is 4.26. The fourth-order valence-corrected chi connectivity index (χ4v) is 3.03. The van der Waals surface area contributed by atoms with Crippen molar-refractivity contribution in [3.05, 3.63) is 46.4 Å². The Morgan fingerprint density at radius 3 is 2.78 bits per heavy atom. The fourth-order valence-electron chi connectivity index (χ4n) is 1.98. The summed E-state index contributed by atoms with van der Waals surface area (Å²) in [5.74, 6) is 0. The lowest BCUT2D eigenvalue weighted by Crippen LogP contribution is -2.16. The second kappa shape index (κ2) is 4.65. The monoisotopic (exact) mass is 261 g/mol. The number of hydrogen-bond acceptors (Lipinski definition) is 3. The lowest BCUT2D eigenvalue weighted by Gasteiger charge is -2.11. The van der Waals surface area contributed by atoms with Crippen LogP contribution in [0.3, 0.4) is 0 Å². The van der Waals surface area contributed by atoms with Gasteiger partial charge in [-0.2, -0.15) is 0 Å². The Kier molecular flexibility index (Phi) is 2.99. The van der Waals surface area contributed by atoms with Gasteiger partial charge in [0.05, 0.1) is 0 Å². The second-order valence-corrected chi connectivity index (χ2v) is 5.89. The van der Waals surface area contributed by atoms with E-state index in [0.717, 1.165) is 18.0 Å². The van der Waals surface area contributed by atoms with E-state index < -0.39 is 0 Å². The van der Waals surface area contributed by atoms with Crippen LogP contribution in [0.25, 0.3) is 0 Å². The molecule has 1 aromatic heterocycles. The quantitative estimate of drug-likeness (QED) is 0.861. The molecule has 0 radical (unpaired) electrons. The van der Waals surface area contributed by atoms with Gasteiger partial charge in [-0.1, -0.05) is 42.1 Å². The van der Waals surface area contributed by atoms with Gasteiger partial charge in [0.1, 0.15) is 0 Å². The van der Waals surface area contributed by atoms with Crippen LogP contribution in [0.1, 0.15) is 36.6 Å². The minimum atomic E-state index is -0.0831. The first-order valence-corrected chi connectivity index (χ1v) is 7.02. The predicted molar refractivity (Wildman–Crippen MR) is 71.8 cm³/mol. The summed E-state index contributed by atoms with van der Waals surface area (Å²) >= 11 is 1.63. The minimum Gasteiger partial charge on any atom is -0.267 e. The van der Waals surface area contributed by atoms with Gasteiger partial charge >= 0.3 is 5.69 Å². The average Bonchev–Trinajstić information content (AvgIpc) is 3.16. The van der Waals surface area contributed by atoms with E-state index >= 15 is 0 Å². The number of benzene rings is 1. The molecule has 1 aliphatic carbocycles. The van der Waals surface area contributed by atoms with Crippen molar-refractivity contribution in [1.29, 1.82) is 0 Å². The highest BCUT2D eigenvalue weighted by Crippen LogP contribution is 2.39. The van der Waals surface area contributed by atoms with E-state index in [1.54, 1.807) is 16.3 Å². The van der Waals surface area contributed by atoms with Crippen molar-refractivity contribution in [3.63, 3.8) is 0 Å². The SMILES string of the molecule is CC(Sc1n[nH]c(=O)n1C1CC1)c1ccccc1. The highest BCUT2D eigenvalue weighted by atomic mass is 32.2. The molecular weight excluding hydrogens is 246 g/mol. The molecule has 1 N–H and O–H groups in total. The van der Waals surface area contributed by atoms with Crippen molar-refractivity contribution in [2.75, 3.05) is 0 Å². The van der Waals surface area contributed by atoms with Crippen molar-refractivity contribution >= 4 is 11.8 Å². The van der Waals surface area contributed by atoms with E-state index in [1.807, 2.05) is 18.2 Å². The molecule has 1 aromatic carbocycles. The Bertz CT molecular complexity index is 586. The molecular formula is C13H15N3OS. The lowest BCUT2D eigenvalue weighted by molar-refractivity contribution is 0.641. The van der Waals surface area contributed by atoms with Crippen LogP contribution in [0.2, 0.25) is 0 Å². The number of hydrogen-bond donors (Lipinski definition) is 1. The molecule has 4 nitrogen and oxygen atoms in total. The maximum Gasteiger partial charge on any atom is 0.344 e. The smallest absolute Gasteiger partial charge is 0.267 e. The van der Waals surface area contributed by atoms with Crippen molar-refractivity contribution in [1.82, 2.24) is 14.8 Å². The maximum absolute atomic E-state index is 11.7. The predicted octanol–water partition coefficient (Wildman–Crippen LogP) is 2.76. The molecule has 0 amide bonds. The highest BCUT2D eigenvalue weighted by Gasteiger charge is 2.29. The molecule has 1 fully saturated rings. The summed E-state index contributed by atoms with van der Waals surface area (Å²) in [6.07, 6.45) is 2.18. The Morgan fingerprint density at radius 2 is 2.11 bits per heavy atom. The summed E-state index contributed by atoms with van der Waals surface area (Å²) in [7, 11) is 0. The molecule has 5 heteroatoms. The molecule has 0 aliphatic heterocycles.